The number of ether oxygens (including phenoxy) is 1. The summed E-state index contributed by atoms with van der Waals surface area (Å²) in [6.07, 6.45) is 1.54. The number of carbonyl (C=O) groups is 1. The van der Waals surface area contributed by atoms with E-state index in [9.17, 15) is 9.18 Å². The Morgan fingerprint density at radius 1 is 1.19 bits per heavy atom. The normalized spacial score (nSPS) is 10.8. The van der Waals surface area contributed by atoms with E-state index < -0.39 is 11.7 Å². The van der Waals surface area contributed by atoms with Crippen LogP contribution in [0.4, 0.5) is 10.3 Å². The van der Waals surface area contributed by atoms with Crippen LogP contribution in [-0.4, -0.2) is 25.8 Å². The van der Waals surface area contributed by atoms with Gasteiger partial charge in [0.1, 0.15) is 30.3 Å². The smallest absolute Gasteiger partial charge is 0.280 e. The molecular weight excluding hydrogens is 401 g/mol. The van der Waals surface area contributed by atoms with Crippen LogP contribution in [0, 0.1) is 19.7 Å². The lowest BCUT2D eigenvalue weighted by Crippen LogP contribution is -2.16. The summed E-state index contributed by atoms with van der Waals surface area (Å²) in [6, 6.07) is 13.8. The number of amides is 1. The number of halogens is 1. The topological polar surface area (TPSA) is 95.1 Å². The minimum absolute atomic E-state index is 0.00314. The van der Waals surface area contributed by atoms with Gasteiger partial charge in [0.05, 0.1) is 12.1 Å². The molecule has 2 aromatic heterocycles. The Labute approximate surface area is 177 Å². The summed E-state index contributed by atoms with van der Waals surface area (Å²) in [5, 5.41) is 10.7. The Bertz CT molecular complexity index is 1200. The van der Waals surface area contributed by atoms with Gasteiger partial charge in [-0.2, -0.15) is 0 Å². The molecule has 0 saturated carbocycles. The third-order valence-electron chi connectivity index (χ3n) is 4.61. The van der Waals surface area contributed by atoms with E-state index >= 15 is 0 Å². The van der Waals surface area contributed by atoms with Crippen molar-refractivity contribution in [3.05, 3.63) is 88.8 Å². The van der Waals surface area contributed by atoms with E-state index in [1.54, 1.807) is 17.7 Å². The van der Waals surface area contributed by atoms with Crippen molar-refractivity contribution in [2.75, 3.05) is 5.32 Å². The van der Waals surface area contributed by atoms with Gasteiger partial charge in [-0.3, -0.25) is 10.1 Å². The lowest BCUT2D eigenvalue weighted by atomic mass is 10.1. The summed E-state index contributed by atoms with van der Waals surface area (Å²) in [6.45, 7) is 4.22. The number of carbonyl (C=O) groups excluding carboxylic acids is 1. The highest BCUT2D eigenvalue weighted by atomic mass is 19.1. The number of nitrogens with zero attached hydrogens (tertiary/aromatic N) is 4. The number of anilines is 1. The molecule has 8 nitrogen and oxygen atoms in total. The molecule has 0 atom stereocenters. The second-order valence-corrected chi connectivity index (χ2v) is 7.02. The van der Waals surface area contributed by atoms with E-state index in [4.69, 9.17) is 9.26 Å². The molecule has 1 amide bonds. The van der Waals surface area contributed by atoms with Crippen LogP contribution in [0.5, 0.6) is 5.75 Å². The molecule has 4 rings (SSSR count). The SMILES string of the molecule is Cc1ccc(Cn2cnc(NC(=O)c3noc(C)c3COc3cccc(F)c3)n2)cc1. The first-order valence-electron chi connectivity index (χ1n) is 9.58. The highest BCUT2D eigenvalue weighted by molar-refractivity contribution is 6.02. The summed E-state index contributed by atoms with van der Waals surface area (Å²) >= 11 is 0. The fourth-order valence-electron chi connectivity index (χ4n) is 2.92. The first kappa shape index (κ1) is 20.3. The second kappa shape index (κ2) is 8.78. The fourth-order valence-corrected chi connectivity index (χ4v) is 2.92. The summed E-state index contributed by atoms with van der Waals surface area (Å²) in [5.74, 6) is -0.0229. The van der Waals surface area contributed by atoms with Crippen LogP contribution in [0.1, 0.15) is 32.9 Å². The van der Waals surface area contributed by atoms with Crippen LogP contribution in [0.25, 0.3) is 0 Å². The monoisotopic (exact) mass is 421 g/mol. The van der Waals surface area contributed by atoms with Crippen molar-refractivity contribution in [3.8, 4) is 5.75 Å². The van der Waals surface area contributed by atoms with E-state index in [2.05, 4.69) is 20.6 Å². The average Bonchev–Trinajstić information content (AvgIpc) is 3.34. The molecule has 0 aliphatic heterocycles. The highest BCUT2D eigenvalue weighted by Crippen LogP contribution is 2.19. The molecule has 2 aromatic carbocycles. The zero-order chi connectivity index (χ0) is 21.8. The average molecular weight is 421 g/mol. The molecule has 2 heterocycles. The van der Waals surface area contributed by atoms with Gasteiger partial charge in [-0.05, 0) is 31.5 Å². The molecule has 0 spiro atoms. The molecule has 0 saturated heterocycles. The number of benzene rings is 2. The van der Waals surface area contributed by atoms with Gasteiger partial charge in [0.25, 0.3) is 5.91 Å². The molecule has 0 aliphatic carbocycles. The van der Waals surface area contributed by atoms with Gasteiger partial charge in [0.15, 0.2) is 5.69 Å². The molecule has 0 unspecified atom stereocenters. The summed E-state index contributed by atoms with van der Waals surface area (Å²) < 4.78 is 25.7. The van der Waals surface area contributed by atoms with Crippen LogP contribution in [-0.2, 0) is 13.2 Å². The minimum Gasteiger partial charge on any atom is -0.489 e. The van der Waals surface area contributed by atoms with Gasteiger partial charge < -0.3 is 9.26 Å². The maximum atomic E-state index is 13.3. The third-order valence-corrected chi connectivity index (χ3v) is 4.61. The van der Waals surface area contributed by atoms with Crippen molar-refractivity contribution >= 4 is 11.9 Å². The lowest BCUT2D eigenvalue weighted by molar-refractivity contribution is 0.101. The van der Waals surface area contributed by atoms with E-state index in [0.717, 1.165) is 5.56 Å². The maximum Gasteiger partial charge on any atom is 0.280 e. The standard InChI is InChI=1S/C22H20FN5O3/c1-14-6-8-16(9-7-14)11-28-13-24-22(26-28)25-21(29)20-19(15(2)31-27-20)12-30-18-5-3-4-17(23)10-18/h3-10,13H,11-12H2,1-2H3,(H,25,26,29). The third kappa shape index (κ3) is 4.95. The van der Waals surface area contributed by atoms with E-state index in [-0.39, 0.29) is 18.2 Å². The van der Waals surface area contributed by atoms with Crippen molar-refractivity contribution in [1.82, 2.24) is 19.9 Å². The van der Waals surface area contributed by atoms with E-state index in [1.807, 2.05) is 31.2 Å². The van der Waals surface area contributed by atoms with Crippen molar-refractivity contribution in [3.63, 3.8) is 0 Å². The van der Waals surface area contributed by atoms with Gasteiger partial charge in [0, 0.05) is 6.07 Å². The highest BCUT2D eigenvalue weighted by Gasteiger charge is 2.21. The van der Waals surface area contributed by atoms with Crippen LogP contribution in [0.15, 0.2) is 59.4 Å². The Balaban J connectivity index is 1.42. The van der Waals surface area contributed by atoms with Gasteiger partial charge in [0.2, 0.25) is 5.95 Å². The van der Waals surface area contributed by atoms with Crippen molar-refractivity contribution in [2.24, 2.45) is 0 Å². The molecule has 0 radical (unpaired) electrons. The Morgan fingerprint density at radius 3 is 2.77 bits per heavy atom. The van der Waals surface area contributed by atoms with Gasteiger partial charge in [-0.15, -0.1) is 5.10 Å². The maximum absolute atomic E-state index is 13.3. The van der Waals surface area contributed by atoms with Crippen LogP contribution in [0.2, 0.25) is 0 Å². The van der Waals surface area contributed by atoms with Gasteiger partial charge >= 0.3 is 0 Å². The first-order chi connectivity index (χ1) is 15.0. The van der Waals surface area contributed by atoms with E-state index in [1.165, 1.54) is 30.1 Å². The van der Waals surface area contributed by atoms with Crippen LogP contribution < -0.4 is 10.1 Å². The summed E-state index contributed by atoms with van der Waals surface area (Å²) in [4.78, 5) is 16.8. The Kier molecular flexibility index (Phi) is 5.74. The molecule has 158 valence electrons. The molecule has 0 aliphatic rings. The fraction of sp³-hybridized carbons (Fsp3) is 0.182. The van der Waals surface area contributed by atoms with Crippen molar-refractivity contribution in [1.29, 1.82) is 0 Å². The number of aromatic nitrogens is 4. The predicted octanol–water partition coefficient (Wildman–Crippen LogP) is 3.90. The predicted molar refractivity (Wildman–Crippen MR) is 110 cm³/mol. The number of rotatable bonds is 7. The number of nitrogens with one attached hydrogen (secondary N) is 1. The quantitative estimate of drug-likeness (QED) is 0.486. The van der Waals surface area contributed by atoms with Gasteiger partial charge in [-0.1, -0.05) is 41.1 Å². The Hall–Kier alpha value is -4.01. The number of aryl methyl sites for hydroxylation is 2. The van der Waals surface area contributed by atoms with Crippen molar-refractivity contribution < 1.29 is 18.4 Å². The largest absolute Gasteiger partial charge is 0.489 e. The zero-order valence-corrected chi connectivity index (χ0v) is 17.0. The molecule has 4 aromatic rings. The van der Waals surface area contributed by atoms with Crippen LogP contribution in [0.3, 0.4) is 0 Å². The van der Waals surface area contributed by atoms with Crippen LogP contribution >= 0.6 is 0 Å². The zero-order valence-electron chi connectivity index (χ0n) is 17.0. The summed E-state index contributed by atoms with van der Waals surface area (Å²) in [5.41, 5.74) is 2.76. The van der Waals surface area contributed by atoms with Gasteiger partial charge in [-0.25, -0.2) is 14.1 Å². The molecule has 0 fully saturated rings. The second-order valence-electron chi connectivity index (χ2n) is 7.02. The van der Waals surface area contributed by atoms with Crippen molar-refractivity contribution in [2.45, 2.75) is 27.0 Å². The summed E-state index contributed by atoms with van der Waals surface area (Å²) in [7, 11) is 0. The lowest BCUT2D eigenvalue weighted by Gasteiger charge is -2.06. The Morgan fingerprint density at radius 2 is 2.00 bits per heavy atom. The number of hydrogen-bond donors (Lipinski definition) is 1. The first-order valence-corrected chi connectivity index (χ1v) is 9.58. The number of hydrogen-bond acceptors (Lipinski definition) is 6. The molecule has 0 bridgehead atoms. The molecular formula is C22H20FN5O3. The molecule has 31 heavy (non-hydrogen) atoms. The molecule has 1 N–H and O–H groups in total. The van der Waals surface area contributed by atoms with E-state index in [0.29, 0.717) is 23.6 Å². The molecule has 9 heteroatoms. The minimum atomic E-state index is -0.525.